The van der Waals surface area contributed by atoms with Crippen molar-refractivity contribution in [2.45, 2.75) is 18.2 Å². The van der Waals surface area contributed by atoms with Gasteiger partial charge in [-0.15, -0.1) is 35.7 Å². The number of aliphatic imine (C=N–C) groups is 1. The summed E-state index contributed by atoms with van der Waals surface area (Å²) in [6, 6.07) is 12.5. The summed E-state index contributed by atoms with van der Waals surface area (Å²) in [5, 5.41) is 6.55. The molecule has 0 aliphatic rings. The first-order chi connectivity index (χ1) is 11.8. The number of guanidine groups is 1. The maximum Gasteiger partial charge on any atom is 0.191 e. The fourth-order valence-electron chi connectivity index (χ4n) is 2.04. The summed E-state index contributed by atoms with van der Waals surface area (Å²) in [4.78, 5) is 9.92. The van der Waals surface area contributed by atoms with Gasteiger partial charge in [-0.25, -0.2) is 4.39 Å². The van der Waals surface area contributed by atoms with Gasteiger partial charge in [-0.1, -0.05) is 6.07 Å². The van der Waals surface area contributed by atoms with Crippen molar-refractivity contribution in [1.82, 2.24) is 15.6 Å². The van der Waals surface area contributed by atoms with Crippen LogP contribution in [-0.2, 0) is 6.42 Å². The van der Waals surface area contributed by atoms with E-state index >= 15 is 0 Å². The lowest BCUT2D eigenvalue weighted by Gasteiger charge is -2.11. The monoisotopic (exact) mass is 474 g/mol. The quantitative estimate of drug-likeness (QED) is 0.201. The van der Waals surface area contributed by atoms with Crippen LogP contribution in [0, 0.1) is 5.82 Å². The molecule has 0 saturated carbocycles. The van der Waals surface area contributed by atoms with E-state index in [1.165, 1.54) is 12.1 Å². The number of hydrogen-bond acceptors (Lipinski definition) is 3. The van der Waals surface area contributed by atoms with Gasteiger partial charge in [-0.05, 0) is 43.3 Å². The second-order valence-corrected chi connectivity index (χ2v) is 6.23. The molecular formula is C18H24FIN4S. The van der Waals surface area contributed by atoms with E-state index in [-0.39, 0.29) is 29.8 Å². The molecule has 0 atom stereocenters. The molecule has 1 aromatic heterocycles. The highest BCUT2D eigenvalue weighted by molar-refractivity contribution is 14.0. The summed E-state index contributed by atoms with van der Waals surface area (Å²) in [7, 11) is 0. The van der Waals surface area contributed by atoms with Crippen LogP contribution < -0.4 is 10.6 Å². The molecule has 0 fully saturated rings. The third-order valence-electron chi connectivity index (χ3n) is 3.19. The van der Waals surface area contributed by atoms with Gasteiger partial charge in [0.1, 0.15) is 5.82 Å². The van der Waals surface area contributed by atoms with E-state index in [1.54, 1.807) is 30.1 Å². The Morgan fingerprint density at radius 2 is 1.96 bits per heavy atom. The Balaban J connectivity index is 0.00000312. The van der Waals surface area contributed by atoms with Crippen LogP contribution in [-0.4, -0.2) is 36.3 Å². The largest absolute Gasteiger partial charge is 0.357 e. The number of benzene rings is 1. The summed E-state index contributed by atoms with van der Waals surface area (Å²) < 4.78 is 12.9. The van der Waals surface area contributed by atoms with Gasteiger partial charge in [-0.2, -0.15) is 0 Å². The number of pyridine rings is 1. The first-order valence-corrected chi connectivity index (χ1v) is 9.07. The van der Waals surface area contributed by atoms with Gasteiger partial charge < -0.3 is 10.6 Å². The zero-order valence-corrected chi connectivity index (χ0v) is 17.4. The third kappa shape index (κ3) is 9.06. The molecular weight excluding hydrogens is 450 g/mol. The van der Waals surface area contributed by atoms with E-state index in [1.807, 2.05) is 25.1 Å². The van der Waals surface area contributed by atoms with E-state index in [2.05, 4.69) is 20.6 Å². The Hall–Kier alpha value is -1.35. The zero-order valence-electron chi connectivity index (χ0n) is 14.2. The van der Waals surface area contributed by atoms with Crippen LogP contribution in [0.4, 0.5) is 4.39 Å². The Labute approximate surface area is 170 Å². The number of halogens is 2. The highest BCUT2D eigenvalue weighted by atomic mass is 127. The fourth-order valence-corrected chi connectivity index (χ4v) is 2.81. The second-order valence-electron chi connectivity index (χ2n) is 5.06. The molecule has 0 radical (unpaired) electrons. The average molecular weight is 474 g/mol. The first kappa shape index (κ1) is 21.7. The van der Waals surface area contributed by atoms with Crippen LogP contribution in [0.5, 0.6) is 0 Å². The molecule has 1 aromatic carbocycles. The molecule has 0 amide bonds. The molecule has 25 heavy (non-hydrogen) atoms. The topological polar surface area (TPSA) is 49.3 Å². The Morgan fingerprint density at radius 3 is 2.64 bits per heavy atom. The summed E-state index contributed by atoms with van der Waals surface area (Å²) in [5.41, 5.74) is 1.05. The van der Waals surface area contributed by atoms with Crippen LogP contribution in [0.2, 0.25) is 0 Å². The Morgan fingerprint density at radius 1 is 1.16 bits per heavy atom. The molecule has 4 nitrogen and oxygen atoms in total. The maximum atomic E-state index is 12.9. The van der Waals surface area contributed by atoms with Gasteiger partial charge in [0.2, 0.25) is 0 Å². The van der Waals surface area contributed by atoms with Crippen molar-refractivity contribution < 1.29 is 4.39 Å². The standard InChI is InChI=1S/C18H23FN4S.HI/c1-2-20-18(22-12-10-16-5-3-4-11-21-16)23-13-14-24-17-8-6-15(19)7-9-17;/h3-9,11H,2,10,12-14H2,1H3,(H2,20,22,23);1H. The van der Waals surface area contributed by atoms with E-state index in [0.717, 1.165) is 41.8 Å². The lowest BCUT2D eigenvalue weighted by atomic mass is 10.3. The summed E-state index contributed by atoms with van der Waals surface area (Å²) >= 11 is 1.69. The van der Waals surface area contributed by atoms with Crippen molar-refractivity contribution in [3.8, 4) is 0 Å². The van der Waals surface area contributed by atoms with E-state index in [0.29, 0.717) is 6.54 Å². The molecule has 0 bridgehead atoms. The number of nitrogens with zero attached hydrogens (tertiary/aromatic N) is 2. The van der Waals surface area contributed by atoms with Gasteiger partial charge in [0.05, 0.1) is 0 Å². The normalized spacial score (nSPS) is 10.9. The number of hydrogen-bond donors (Lipinski definition) is 2. The SMILES string of the molecule is CCNC(=NCCc1ccccn1)NCCSc1ccc(F)cc1.I. The zero-order chi connectivity index (χ0) is 17.0. The van der Waals surface area contributed by atoms with E-state index in [4.69, 9.17) is 0 Å². The third-order valence-corrected chi connectivity index (χ3v) is 4.20. The number of aromatic nitrogens is 1. The predicted molar refractivity (Wildman–Crippen MR) is 114 cm³/mol. The lowest BCUT2D eigenvalue weighted by molar-refractivity contribution is 0.626. The number of rotatable bonds is 8. The molecule has 2 aromatic rings. The van der Waals surface area contributed by atoms with Gasteiger partial charge >= 0.3 is 0 Å². The van der Waals surface area contributed by atoms with Crippen LogP contribution in [0.15, 0.2) is 58.5 Å². The molecule has 0 aliphatic carbocycles. The van der Waals surface area contributed by atoms with Crippen LogP contribution in [0.3, 0.4) is 0 Å². The van der Waals surface area contributed by atoms with Crippen molar-refractivity contribution in [3.63, 3.8) is 0 Å². The van der Waals surface area contributed by atoms with Gasteiger partial charge in [0.15, 0.2) is 5.96 Å². The Kier molecular flexibility index (Phi) is 11.2. The van der Waals surface area contributed by atoms with Crippen molar-refractivity contribution in [2.75, 3.05) is 25.4 Å². The van der Waals surface area contributed by atoms with Crippen molar-refractivity contribution >= 4 is 41.7 Å². The van der Waals surface area contributed by atoms with Crippen LogP contribution >= 0.6 is 35.7 Å². The van der Waals surface area contributed by atoms with Gasteiger partial charge in [0.25, 0.3) is 0 Å². The molecule has 1 heterocycles. The number of nitrogens with one attached hydrogen (secondary N) is 2. The summed E-state index contributed by atoms with van der Waals surface area (Å²) in [6.45, 7) is 4.35. The number of thioether (sulfide) groups is 1. The molecule has 7 heteroatoms. The smallest absolute Gasteiger partial charge is 0.191 e. The molecule has 2 N–H and O–H groups in total. The lowest BCUT2D eigenvalue weighted by Crippen LogP contribution is -2.38. The second kappa shape index (κ2) is 12.9. The summed E-state index contributed by atoms with van der Waals surface area (Å²) in [6.07, 6.45) is 2.62. The molecule has 0 saturated heterocycles. The minimum Gasteiger partial charge on any atom is -0.357 e. The minimum absolute atomic E-state index is 0. The minimum atomic E-state index is -0.202. The van der Waals surface area contributed by atoms with Gasteiger partial charge in [0, 0.05) is 48.6 Å². The van der Waals surface area contributed by atoms with Crippen LogP contribution in [0.25, 0.3) is 0 Å². The van der Waals surface area contributed by atoms with Crippen molar-refractivity contribution in [1.29, 1.82) is 0 Å². The van der Waals surface area contributed by atoms with Crippen molar-refractivity contribution in [3.05, 3.63) is 60.2 Å². The molecule has 2 rings (SSSR count). The fraction of sp³-hybridized carbons (Fsp3) is 0.333. The molecule has 136 valence electrons. The highest BCUT2D eigenvalue weighted by Crippen LogP contribution is 2.17. The van der Waals surface area contributed by atoms with E-state index in [9.17, 15) is 4.39 Å². The summed E-state index contributed by atoms with van der Waals surface area (Å²) in [5.74, 6) is 1.50. The maximum absolute atomic E-state index is 12.9. The highest BCUT2D eigenvalue weighted by Gasteiger charge is 1.99. The van der Waals surface area contributed by atoms with Crippen LogP contribution in [0.1, 0.15) is 12.6 Å². The van der Waals surface area contributed by atoms with Gasteiger partial charge in [-0.3, -0.25) is 9.98 Å². The first-order valence-electron chi connectivity index (χ1n) is 8.08. The van der Waals surface area contributed by atoms with E-state index < -0.39 is 0 Å². The average Bonchev–Trinajstić information content (AvgIpc) is 2.61. The molecule has 0 spiro atoms. The Bertz CT molecular complexity index is 623. The molecule has 0 unspecified atom stereocenters. The van der Waals surface area contributed by atoms with Crippen molar-refractivity contribution in [2.24, 2.45) is 4.99 Å². The predicted octanol–water partition coefficient (Wildman–Crippen LogP) is 3.73. The molecule has 0 aliphatic heterocycles.